The summed E-state index contributed by atoms with van der Waals surface area (Å²) in [6.45, 7) is 7.51. The second-order valence-corrected chi connectivity index (χ2v) is 7.22. The maximum atomic E-state index is 12.3. The molecule has 0 aliphatic rings. The van der Waals surface area contributed by atoms with Crippen molar-refractivity contribution < 1.29 is 14.3 Å². The molecule has 2 rings (SSSR count). The average Bonchev–Trinajstić information content (AvgIpc) is 2.57. The van der Waals surface area contributed by atoms with Crippen LogP contribution in [0, 0.1) is 6.92 Å². The van der Waals surface area contributed by atoms with Gasteiger partial charge >= 0.3 is 6.09 Å². The lowest BCUT2D eigenvalue weighted by Gasteiger charge is -2.19. The number of carbonyl (C=O) groups excluding carboxylic acids is 2. The van der Waals surface area contributed by atoms with E-state index in [4.69, 9.17) is 4.74 Å². The second-order valence-electron chi connectivity index (χ2n) is 7.22. The highest BCUT2D eigenvalue weighted by Crippen LogP contribution is 2.28. The largest absolute Gasteiger partial charge is 0.444 e. The second kappa shape index (κ2) is 9.07. The Morgan fingerprint density at radius 2 is 1.70 bits per heavy atom. The minimum Gasteiger partial charge on any atom is -0.444 e. The zero-order valence-corrected chi connectivity index (χ0v) is 16.3. The Bertz CT molecular complexity index is 783. The molecule has 6 nitrogen and oxygen atoms in total. The molecular formula is C21H27N3O3. The maximum Gasteiger partial charge on any atom is 0.407 e. The van der Waals surface area contributed by atoms with E-state index in [0.717, 1.165) is 22.6 Å². The molecule has 0 unspecified atom stereocenters. The van der Waals surface area contributed by atoms with Gasteiger partial charge in [0.05, 0.1) is 11.4 Å². The van der Waals surface area contributed by atoms with Crippen molar-refractivity contribution in [2.24, 2.45) is 0 Å². The van der Waals surface area contributed by atoms with Crippen LogP contribution in [0.5, 0.6) is 0 Å². The van der Waals surface area contributed by atoms with Gasteiger partial charge in [0.15, 0.2) is 0 Å². The van der Waals surface area contributed by atoms with Gasteiger partial charge in [-0.15, -0.1) is 0 Å². The molecule has 0 radical (unpaired) electrons. The molecule has 2 aromatic rings. The molecule has 0 aliphatic carbocycles. The number of nitrogens with one attached hydrogen (secondary N) is 3. The van der Waals surface area contributed by atoms with Gasteiger partial charge in [-0.25, -0.2) is 4.79 Å². The summed E-state index contributed by atoms with van der Waals surface area (Å²) in [4.78, 5) is 23.9. The summed E-state index contributed by atoms with van der Waals surface area (Å²) in [7, 11) is 0. The maximum absolute atomic E-state index is 12.3. The van der Waals surface area contributed by atoms with Crippen molar-refractivity contribution in [1.82, 2.24) is 5.32 Å². The van der Waals surface area contributed by atoms with E-state index >= 15 is 0 Å². The lowest BCUT2D eigenvalue weighted by molar-refractivity contribution is -0.116. The van der Waals surface area contributed by atoms with Crippen molar-refractivity contribution in [1.29, 1.82) is 0 Å². The summed E-state index contributed by atoms with van der Waals surface area (Å²) in [6, 6.07) is 15.5. The summed E-state index contributed by atoms with van der Waals surface area (Å²) >= 11 is 0. The Labute approximate surface area is 160 Å². The molecular weight excluding hydrogens is 342 g/mol. The summed E-state index contributed by atoms with van der Waals surface area (Å²) in [5.41, 5.74) is 2.86. The lowest BCUT2D eigenvalue weighted by Crippen LogP contribution is -2.34. The number of para-hydroxylation sites is 2. The van der Waals surface area contributed by atoms with Crippen LogP contribution in [-0.4, -0.2) is 24.1 Å². The Balaban J connectivity index is 1.94. The third kappa shape index (κ3) is 7.01. The summed E-state index contributed by atoms with van der Waals surface area (Å²) in [6.07, 6.45) is -0.379. The van der Waals surface area contributed by atoms with Crippen molar-refractivity contribution in [3.63, 3.8) is 0 Å². The van der Waals surface area contributed by atoms with E-state index in [0.29, 0.717) is 0 Å². The molecule has 27 heavy (non-hydrogen) atoms. The fourth-order valence-electron chi connectivity index (χ4n) is 2.41. The van der Waals surface area contributed by atoms with E-state index in [2.05, 4.69) is 16.0 Å². The standard InChI is InChI=1S/C21H27N3O3/c1-15-9-8-12-17(23-16-10-6-5-7-11-16)19(15)24-18(25)13-14-22-20(26)27-21(2,3)4/h5-12,23H,13-14H2,1-4H3,(H,22,26)(H,24,25). The van der Waals surface area contributed by atoms with Crippen molar-refractivity contribution >= 4 is 29.1 Å². The van der Waals surface area contributed by atoms with Gasteiger partial charge in [0.25, 0.3) is 0 Å². The topological polar surface area (TPSA) is 79.5 Å². The van der Waals surface area contributed by atoms with Gasteiger partial charge in [-0.3, -0.25) is 4.79 Å². The summed E-state index contributed by atoms with van der Waals surface area (Å²) in [5, 5.41) is 8.83. The first-order valence-electron chi connectivity index (χ1n) is 8.93. The zero-order chi connectivity index (χ0) is 19.9. The molecule has 144 valence electrons. The van der Waals surface area contributed by atoms with Crippen molar-refractivity contribution in [2.75, 3.05) is 17.2 Å². The number of aryl methyl sites for hydroxylation is 1. The minimum absolute atomic E-state index is 0.151. The van der Waals surface area contributed by atoms with Crippen molar-refractivity contribution in [3.05, 3.63) is 54.1 Å². The van der Waals surface area contributed by atoms with Crippen LogP contribution in [0.25, 0.3) is 0 Å². The van der Waals surface area contributed by atoms with E-state index in [1.807, 2.05) is 55.5 Å². The third-order valence-corrected chi connectivity index (χ3v) is 3.61. The van der Waals surface area contributed by atoms with Gasteiger partial charge in [0.1, 0.15) is 5.60 Å². The monoisotopic (exact) mass is 369 g/mol. The van der Waals surface area contributed by atoms with E-state index in [-0.39, 0.29) is 18.9 Å². The Kier molecular flexibility index (Phi) is 6.82. The molecule has 0 spiro atoms. The van der Waals surface area contributed by atoms with Gasteiger partial charge < -0.3 is 20.7 Å². The summed E-state index contributed by atoms with van der Waals surface area (Å²) in [5.74, 6) is -0.184. The Hall–Kier alpha value is -3.02. The van der Waals surface area contributed by atoms with Crippen LogP contribution in [0.2, 0.25) is 0 Å². The molecule has 0 aliphatic heterocycles. The van der Waals surface area contributed by atoms with Crippen LogP contribution >= 0.6 is 0 Å². The molecule has 0 atom stereocenters. The molecule has 0 saturated carbocycles. The third-order valence-electron chi connectivity index (χ3n) is 3.61. The van der Waals surface area contributed by atoms with Crippen LogP contribution in [0.4, 0.5) is 21.9 Å². The average molecular weight is 369 g/mol. The van der Waals surface area contributed by atoms with Crippen LogP contribution in [0.3, 0.4) is 0 Å². The van der Waals surface area contributed by atoms with Crippen molar-refractivity contribution in [3.8, 4) is 0 Å². The molecule has 3 N–H and O–H groups in total. The Morgan fingerprint density at radius 1 is 1.00 bits per heavy atom. The van der Waals surface area contributed by atoms with Crippen LogP contribution in [0.1, 0.15) is 32.8 Å². The quantitative estimate of drug-likeness (QED) is 0.696. The van der Waals surface area contributed by atoms with Gasteiger partial charge in [-0.1, -0.05) is 30.3 Å². The first kappa shape index (κ1) is 20.3. The normalized spacial score (nSPS) is 10.8. The van der Waals surface area contributed by atoms with Crippen LogP contribution < -0.4 is 16.0 Å². The number of alkyl carbamates (subject to hydrolysis) is 1. The van der Waals surface area contributed by atoms with Gasteiger partial charge in [0, 0.05) is 18.7 Å². The first-order valence-corrected chi connectivity index (χ1v) is 8.93. The molecule has 0 heterocycles. The molecule has 0 fully saturated rings. The van der Waals surface area contributed by atoms with E-state index < -0.39 is 11.7 Å². The fraction of sp³-hybridized carbons (Fsp3) is 0.333. The van der Waals surface area contributed by atoms with E-state index in [9.17, 15) is 9.59 Å². The molecule has 0 saturated heterocycles. The number of ether oxygens (including phenoxy) is 1. The highest BCUT2D eigenvalue weighted by atomic mass is 16.6. The summed E-state index contributed by atoms with van der Waals surface area (Å²) < 4.78 is 5.15. The van der Waals surface area contributed by atoms with E-state index in [1.165, 1.54) is 0 Å². The van der Waals surface area contributed by atoms with Crippen LogP contribution in [-0.2, 0) is 9.53 Å². The SMILES string of the molecule is Cc1cccc(Nc2ccccc2)c1NC(=O)CCNC(=O)OC(C)(C)C. The number of benzene rings is 2. The first-order chi connectivity index (χ1) is 12.7. The molecule has 6 heteroatoms. The number of hydrogen-bond donors (Lipinski definition) is 3. The van der Waals surface area contributed by atoms with E-state index in [1.54, 1.807) is 20.8 Å². The highest BCUT2D eigenvalue weighted by Gasteiger charge is 2.16. The number of amides is 2. The van der Waals surface area contributed by atoms with Gasteiger partial charge in [-0.05, 0) is 51.5 Å². The number of carbonyl (C=O) groups is 2. The molecule has 0 bridgehead atoms. The molecule has 2 aromatic carbocycles. The highest BCUT2D eigenvalue weighted by molar-refractivity contribution is 5.96. The van der Waals surface area contributed by atoms with Crippen molar-refractivity contribution in [2.45, 2.75) is 39.7 Å². The minimum atomic E-state index is -0.564. The number of anilines is 3. The zero-order valence-electron chi connectivity index (χ0n) is 16.3. The number of rotatable bonds is 6. The molecule has 2 amide bonds. The smallest absolute Gasteiger partial charge is 0.407 e. The predicted octanol–water partition coefficient (Wildman–Crippen LogP) is 4.59. The van der Waals surface area contributed by atoms with Gasteiger partial charge in [-0.2, -0.15) is 0 Å². The molecule has 0 aromatic heterocycles. The predicted molar refractivity (Wildman–Crippen MR) is 108 cm³/mol. The Morgan fingerprint density at radius 3 is 2.37 bits per heavy atom. The van der Waals surface area contributed by atoms with Crippen LogP contribution in [0.15, 0.2) is 48.5 Å². The lowest BCUT2D eigenvalue weighted by atomic mass is 10.1. The number of hydrogen-bond acceptors (Lipinski definition) is 4. The fourth-order valence-corrected chi connectivity index (χ4v) is 2.41. The van der Waals surface area contributed by atoms with Gasteiger partial charge in [0.2, 0.25) is 5.91 Å².